The Labute approximate surface area is 129 Å². The van der Waals surface area contributed by atoms with E-state index in [-0.39, 0.29) is 24.4 Å². The van der Waals surface area contributed by atoms with E-state index in [1.165, 1.54) is 0 Å². The third-order valence-electron chi connectivity index (χ3n) is 3.92. The number of halogens is 1. The first-order chi connectivity index (χ1) is 9.70. The smallest absolute Gasteiger partial charge is 0.257 e. The molecule has 1 aliphatic heterocycles. The summed E-state index contributed by atoms with van der Waals surface area (Å²) in [6.07, 6.45) is 4.69. The molecule has 1 unspecified atom stereocenters. The molecule has 0 bridgehead atoms. The van der Waals surface area contributed by atoms with E-state index in [1.54, 1.807) is 12.3 Å². The number of nitrogens with two attached hydrogens (primary N) is 1. The van der Waals surface area contributed by atoms with E-state index >= 15 is 0 Å². The molecule has 1 aliphatic rings. The molecule has 7 heteroatoms. The average Bonchev–Trinajstić information content (AvgIpc) is 2.87. The van der Waals surface area contributed by atoms with Crippen molar-refractivity contribution in [3.8, 4) is 0 Å². The predicted octanol–water partition coefficient (Wildman–Crippen LogP) is 1.91. The summed E-state index contributed by atoms with van der Waals surface area (Å²) in [7, 11) is 0. The SMILES string of the molecule is Cc1noc2ncc(C(=O)N3CCCCC3CN)cc12.Cl. The van der Waals surface area contributed by atoms with Crippen molar-refractivity contribution in [2.24, 2.45) is 5.73 Å². The van der Waals surface area contributed by atoms with Gasteiger partial charge >= 0.3 is 0 Å². The molecule has 1 saturated heterocycles. The molecule has 114 valence electrons. The Morgan fingerprint density at radius 1 is 1.52 bits per heavy atom. The van der Waals surface area contributed by atoms with Crippen LogP contribution in [0.3, 0.4) is 0 Å². The Morgan fingerprint density at radius 2 is 2.33 bits per heavy atom. The number of fused-ring (bicyclic) bond motifs is 1. The molecule has 6 nitrogen and oxygen atoms in total. The van der Waals surface area contributed by atoms with Crippen LogP contribution in [-0.4, -0.2) is 40.1 Å². The van der Waals surface area contributed by atoms with Crippen LogP contribution in [0.15, 0.2) is 16.8 Å². The van der Waals surface area contributed by atoms with Crippen LogP contribution >= 0.6 is 12.4 Å². The maximum Gasteiger partial charge on any atom is 0.257 e. The van der Waals surface area contributed by atoms with Gasteiger partial charge in [0.15, 0.2) is 0 Å². The van der Waals surface area contributed by atoms with Gasteiger partial charge in [-0.25, -0.2) is 4.98 Å². The highest BCUT2D eigenvalue weighted by Crippen LogP contribution is 2.21. The Morgan fingerprint density at radius 3 is 3.10 bits per heavy atom. The van der Waals surface area contributed by atoms with E-state index in [4.69, 9.17) is 10.3 Å². The van der Waals surface area contributed by atoms with Gasteiger partial charge in [0, 0.05) is 25.3 Å². The minimum Gasteiger partial charge on any atom is -0.336 e. The minimum absolute atomic E-state index is 0. The van der Waals surface area contributed by atoms with Crippen molar-refractivity contribution >= 4 is 29.4 Å². The lowest BCUT2D eigenvalue weighted by Crippen LogP contribution is -2.47. The maximum absolute atomic E-state index is 12.6. The third-order valence-corrected chi connectivity index (χ3v) is 3.92. The number of hydrogen-bond donors (Lipinski definition) is 1. The summed E-state index contributed by atoms with van der Waals surface area (Å²) in [6, 6.07) is 1.94. The van der Waals surface area contributed by atoms with E-state index < -0.39 is 0 Å². The lowest BCUT2D eigenvalue weighted by Gasteiger charge is -2.35. The van der Waals surface area contributed by atoms with Crippen LogP contribution in [0.4, 0.5) is 0 Å². The van der Waals surface area contributed by atoms with Crippen LogP contribution in [0.1, 0.15) is 35.3 Å². The Bertz CT molecular complexity index is 643. The quantitative estimate of drug-likeness (QED) is 0.915. The van der Waals surface area contributed by atoms with E-state index in [9.17, 15) is 4.79 Å². The molecule has 0 aromatic carbocycles. The second kappa shape index (κ2) is 6.41. The van der Waals surface area contributed by atoms with Crippen LogP contribution in [0.25, 0.3) is 11.1 Å². The molecule has 2 aromatic heterocycles. The van der Waals surface area contributed by atoms with Gasteiger partial charge in [-0.05, 0) is 32.3 Å². The van der Waals surface area contributed by atoms with Crippen LogP contribution in [-0.2, 0) is 0 Å². The number of likely N-dealkylation sites (tertiary alicyclic amines) is 1. The molecule has 0 spiro atoms. The van der Waals surface area contributed by atoms with Gasteiger partial charge in [-0.2, -0.15) is 0 Å². The van der Waals surface area contributed by atoms with Crippen molar-refractivity contribution < 1.29 is 9.32 Å². The number of amides is 1. The number of hydrogen-bond acceptors (Lipinski definition) is 5. The molecule has 0 aliphatic carbocycles. The topological polar surface area (TPSA) is 85.2 Å². The fraction of sp³-hybridized carbons (Fsp3) is 0.500. The average molecular weight is 311 g/mol. The predicted molar refractivity (Wildman–Crippen MR) is 81.5 cm³/mol. The van der Waals surface area contributed by atoms with Crippen molar-refractivity contribution in [2.45, 2.75) is 32.2 Å². The van der Waals surface area contributed by atoms with Gasteiger partial charge in [-0.1, -0.05) is 5.16 Å². The Balaban J connectivity index is 0.00000161. The van der Waals surface area contributed by atoms with E-state index in [2.05, 4.69) is 10.1 Å². The first-order valence-electron chi connectivity index (χ1n) is 6.94. The van der Waals surface area contributed by atoms with Crippen LogP contribution in [0.5, 0.6) is 0 Å². The lowest BCUT2D eigenvalue weighted by atomic mass is 10.0. The number of rotatable bonds is 2. The summed E-state index contributed by atoms with van der Waals surface area (Å²) >= 11 is 0. The van der Waals surface area contributed by atoms with Crippen molar-refractivity contribution in [3.05, 3.63) is 23.5 Å². The largest absolute Gasteiger partial charge is 0.336 e. The first-order valence-corrected chi connectivity index (χ1v) is 6.94. The summed E-state index contributed by atoms with van der Waals surface area (Å²) < 4.78 is 5.07. The molecular weight excluding hydrogens is 292 g/mol. The zero-order valence-electron chi connectivity index (χ0n) is 11.9. The second-order valence-electron chi connectivity index (χ2n) is 5.23. The first kappa shape index (κ1) is 15.7. The number of aromatic nitrogens is 2. The summed E-state index contributed by atoms with van der Waals surface area (Å²) in [4.78, 5) is 18.7. The Kier molecular flexibility index (Phi) is 4.80. The molecule has 1 atom stereocenters. The number of carbonyl (C=O) groups excluding carboxylic acids is 1. The number of piperidine rings is 1. The van der Waals surface area contributed by atoms with Crippen molar-refractivity contribution in [1.29, 1.82) is 0 Å². The number of carbonyl (C=O) groups is 1. The summed E-state index contributed by atoms with van der Waals surface area (Å²) in [5, 5.41) is 4.65. The molecule has 2 N–H and O–H groups in total. The van der Waals surface area contributed by atoms with Gasteiger partial charge in [0.25, 0.3) is 11.6 Å². The zero-order valence-corrected chi connectivity index (χ0v) is 12.7. The molecule has 3 rings (SSSR count). The Hall–Kier alpha value is -1.66. The standard InChI is InChI=1S/C14H18N4O2.ClH/c1-9-12-6-10(8-16-13(12)20-17-9)14(19)18-5-3-2-4-11(18)7-15;/h6,8,11H,2-5,7,15H2,1H3;1H. The van der Waals surface area contributed by atoms with Gasteiger partial charge in [0.2, 0.25) is 0 Å². The summed E-state index contributed by atoms with van der Waals surface area (Å²) in [5.41, 5.74) is 7.56. The van der Waals surface area contributed by atoms with Crippen molar-refractivity contribution in [3.63, 3.8) is 0 Å². The highest BCUT2D eigenvalue weighted by Gasteiger charge is 2.27. The van der Waals surface area contributed by atoms with Crippen LogP contribution in [0, 0.1) is 6.92 Å². The second-order valence-corrected chi connectivity index (χ2v) is 5.23. The summed E-state index contributed by atoms with van der Waals surface area (Å²) in [6.45, 7) is 3.11. The van der Waals surface area contributed by atoms with Crippen LogP contribution in [0.2, 0.25) is 0 Å². The fourth-order valence-corrected chi connectivity index (χ4v) is 2.74. The molecule has 3 heterocycles. The van der Waals surface area contributed by atoms with Gasteiger partial charge in [-0.15, -0.1) is 12.4 Å². The van der Waals surface area contributed by atoms with Gasteiger partial charge < -0.3 is 15.2 Å². The summed E-state index contributed by atoms with van der Waals surface area (Å²) in [5.74, 6) is -0.00449. The molecule has 1 amide bonds. The minimum atomic E-state index is -0.00449. The number of nitrogens with zero attached hydrogens (tertiary/aromatic N) is 3. The molecule has 1 fully saturated rings. The van der Waals surface area contributed by atoms with Crippen molar-refractivity contribution in [2.75, 3.05) is 13.1 Å². The van der Waals surface area contributed by atoms with E-state index in [0.717, 1.165) is 36.9 Å². The van der Waals surface area contributed by atoms with Crippen LogP contribution < -0.4 is 5.73 Å². The van der Waals surface area contributed by atoms with Gasteiger partial charge in [0.1, 0.15) is 0 Å². The highest BCUT2D eigenvalue weighted by molar-refractivity contribution is 5.97. The number of pyridine rings is 1. The van der Waals surface area contributed by atoms with Crippen molar-refractivity contribution in [1.82, 2.24) is 15.0 Å². The van der Waals surface area contributed by atoms with Gasteiger partial charge in [0.05, 0.1) is 16.6 Å². The maximum atomic E-state index is 12.6. The molecular formula is C14H19ClN4O2. The molecule has 2 aromatic rings. The normalized spacial score (nSPS) is 18.6. The molecule has 21 heavy (non-hydrogen) atoms. The van der Waals surface area contributed by atoms with E-state index in [0.29, 0.717) is 17.8 Å². The van der Waals surface area contributed by atoms with Gasteiger partial charge in [-0.3, -0.25) is 4.79 Å². The van der Waals surface area contributed by atoms with E-state index in [1.807, 2.05) is 11.8 Å². The lowest BCUT2D eigenvalue weighted by molar-refractivity contribution is 0.0623. The fourth-order valence-electron chi connectivity index (χ4n) is 2.74. The third kappa shape index (κ3) is 2.87. The monoisotopic (exact) mass is 310 g/mol. The number of aryl methyl sites for hydroxylation is 1. The molecule has 0 saturated carbocycles. The zero-order chi connectivity index (χ0) is 14.1. The highest BCUT2D eigenvalue weighted by atomic mass is 35.5. The molecule has 0 radical (unpaired) electrons.